The molecule has 0 atom stereocenters. The lowest BCUT2D eigenvalue weighted by Gasteiger charge is -2.07. The maximum absolute atomic E-state index is 12.7. The van der Waals surface area contributed by atoms with Crippen molar-refractivity contribution in [1.82, 2.24) is 14.6 Å². The quantitative estimate of drug-likeness (QED) is 0.454. The molecule has 0 saturated carbocycles. The number of carbonyl (C=O) groups is 1. The van der Waals surface area contributed by atoms with E-state index in [9.17, 15) is 9.59 Å². The summed E-state index contributed by atoms with van der Waals surface area (Å²) in [6, 6.07) is 12.1. The Hall–Kier alpha value is -3.72. The highest BCUT2D eigenvalue weighted by Gasteiger charge is 2.14. The molecule has 2 aromatic carbocycles. The predicted octanol–water partition coefficient (Wildman–Crippen LogP) is 2.17. The van der Waals surface area contributed by atoms with Crippen molar-refractivity contribution in [2.75, 3.05) is 21.3 Å². The monoisotopic (exact) mass is 423 g/mol. The highest BCUT2D eigenvalue weighted by atomic mass is 32.1. The van der Waals surface area contributed by atoms with Gasteiger partial charge in [0.05, 0.1) is 31.4 Å². The van der Waals surface area contributed by atoms with Gasteiger partial charge in [0.1, 0.15) is 0 Å². The molecule has 152 valence electrons. The highest BCUT2D eigenvalue weighted by Crippen LogP contribution is 2.31. The second-order valence-electron chi connectivity index (χ2n) is 6.23. The van der Waals surface area contributed by atoms with E-state index in [0.717, 1.165) is 5.56 Å². The second kappa shape index (κ2) is 7.96. The van der Waals surface area contributed by atoms with E-state index in [2.05, 4.69) is 14.8 Å². The molecule has 0 radical (unpaired) electrons. The van der Waals surface area contributed by atoms with Crippen LogP contribution in [0.1, 0.15) is 15.9 Å². The molecule has 0 spiro atoms. The molecular formula is C21H17N3O5S. The first-order valence-corrected chi connectivity index (χ1v) is 9.67. The summed E-state index contributed by atoms with van der Waals surface area (Å²) >= 11 is 1.24. The van der Waals surface area contributed by atoms with Gasteiger partial charge in [-0.1, -0.05) is 23.5 Å². The molecule has 30 heavy (non-hydrogen) atoms. The van der Waals surface area contributed by atoms with Gasteiger partial charge in [-0.25, -0.2) is 4.79 Å². The summed E-state index contributed by atoms with van der Waals surface area (Å²) in [4.78, 5) is 29.2. The van der Waals surface area contributed by atoms with Gasteiger partial charge in [0.2, 0.25) is 4.96 Å². The van der Waals surface area contributed by atoms with Gasteiger partial charge in [0.15, 0.2) is 17.3 Å². The van der Waals surface area contributed by atoms with Crippen molar-refractivity contribution in [3.8, 4) is 22.9 Å². The maximum atomic E-state index is 12.7. The van der Waals surface area contributed by atoms with Crippen molar-refractivity contribution in [1.29, 1.82) is 0 Å². The largest absolute Gasteiger partial charge is 0.493 e. The third kappa shape index (κ3) is 3.50. The van der Waals surface area contributed by atoms with Crippen LogP contribution in [0.15, 0.2) is 47.3 Å². The fourth-order valence-corrected chi connectivity index (χ4v) is 3.82. The smallest absolute Gasteiger partial charge is 0.337 e. The van der Waals surface area contributed by atoms with Crippen LogP contribution in [0.4, 0.5) is 0 Å². The number of carbonyl (C=O) groups excluding carboxylic acids is 1. The fourth-order valence-electron chi connectivity index (χ4n) is 2.92. The van der Waals surface area contributed by atoms with Crippen LogP contribution in [0.3, 0.4) is 0 Å². The standard InChI is InChI=1S/C21H17N3O5S/c1-27-15-9-8-14(11-16(15)28-2)18-22-21-24(23-18)19(25)17(30-21)10-12-4-6-13(7-5-12)20(26)29-3/h4-11H,1-3H3/b17-10-. The zero-order valence-corrected chi connectivity index (χ0v) is 17.2. The Morgan fingerprint density at radius 2 is 1.77 bits per heavy atom. The topological polar surface area (TPSA) is 92.0 Å². The van der Waals surface area contributed by atoms with Crippen LogP contribution in [0.25, 0.3) is 22.4 Å². The number of hydrogen-bond donors (Lipinski definition) is 0. The van der Waals surface area contributed by atoms with Gasteiger partial charge in [0, 0.05) is 5.56 Å². The number of ether oxygens (including phenoxy) is 3. The lowest BCUT2D eigenvalue weighted by atomic mass is 10.1. The average molecular weight is 423 g/mol. The van der Waals surface area contributed by atoms with E-state index in [1.54, 1.807) is 62.8 Å². The van der Waals surface area contributed by atoms with Crippen molar-refractivity contribution in [2.24, 2.45) is 0 Å². The van der Waals surface area contributed by atoms with Crippen LogP contribution >= 0.6 is 11.3 Å². The van der Waals surface area contributed by atoms with E-state index in [4.69, 9.17) is 9.47 Å². The van der Waals surface area contributed by atoms with Crippen molar-refractivity contribution in [2.45, 2.75) is 0 Å². The average Bonchev–Trinajstić information content (AvgIpc) is 3.32. The van der Waals surface area contributed by atoms with Crippen molar-refractivity contribution in [3.63, 3.8) is 0 Å². The Morgan fingerprint density at radius 1 is 1.03 bits per heavy atom. The van der Waals surface area contributed by atoms with Crippen LogP contribution in [0, 0.1) is 0 Å². The molecule has 9 heteroatoms. The third-order valence-electron chi connectivity index (χ3n) is 4.45. The number of thiazole rings is 1. The maximum Gasteiger partial charge on any atom is 0.337 e. The molecule has 0 amide bonds. The zero-order valence-electron chi connectivity index (χ0n) is 16.4. The molecule has 0 aliphatic heterocycles. The molecule has 0 aliphatic carbocycles. The van der Waals surface area contributed by atoms with Crippen molar-refractivity contribution < 1.29 is 19.0 Å². The number of fused-ring (bicyclic) bond motifs is 1. The first-order valence-electron chi connectivity index (χ1n) is 8.86. The number of esters is 1. The number of hydrogen-bond acceptors (Lipinski definition) is 8. The summed E-state index contributed by atoms with van der Waals surface area (Å²) < 4.78 is 17.0. The summed E-state index contributed by atoms with van der Waals surface area (Å²) in [7, 11) is 4.44. The Labute approximate surface area is 175 Å². The minimum atomic E-state index is -0.410. The van der Waals surface area contributed by atoms with E-state index >= 15 is 0 Å². The molecule has 0 unspecified atom stereocenters. The Balaban J connectivity index is 1.70. The van der Waals surface area contributed by atoms with Crippen LogP contribution < -0.4 is 19.6 Å². The Morgan fingerprint density at radius 3 is 2.40 bits per heavy atom. The zero-order chi connectivity index (χ0) is 21.3. The van der Waals surface area contributed by atoms with Gasteiger partial charge >= 0.3 is 5.97 Å². The third-order valence-corrected chi connectivity index (χ3v) is 5.41. The lowest BCUT2D eigenvalue weighted by Crippen LogP contribution is -2.23. The molecule has 0 bridgehead atoms. The van der Waals surface area contributed by atoms with Gasteiger partial charge in [-0.05, 0) is 42.0 Å². The molecule has 0 N–H and O–H groups in total. The molecule has 0 fully saturated rings. The summed E-state index contributed by atoms with van der Waals surface area (Å²) in [6.45, 7) is 0. The minimum Gasteiger partial charge on any atom is -0.493 e. The summed E-state index contributed by atoms with van der Waals surface area (Å²) in [6.07, 6.45) is 1.74. The van der Waals surface area contributed by atoms with E-state index < -0.39 is 5.97 Å². The number of benzene rings is 2. The van der Waals surface area contributed by atoms with E-state index in [0.29, 0.717) is 37.9 Å². The summed E-state index contributed by atoms with van der Waals surface area (Å²) in [5.74, 6) is 1.17. The number of nitrogens with zero attached hydrogens (tertiary/aromatic N) is 3. The van der Waals surface area contributed by atoms with Crippen LogP contribution in [0.2, 0.25) is 0 Å². The minimum absolute atomic E-state index is 0.258. The first kappa shape index (κ1) is 19.6. The molecule has 4 rings (SSSR count). The number of aromatic nitrogens is 3. The normalized spacial score (nSPS) is 11.6. The number of methoxy groups -OCH3 is 3. The van der Waals surface area contributed by atoms with E-state index in [1.807, 2.05) is 0 Å². The van der Waals surface area contributed by atoms with Gasteiger partial charge in [-0.3, -0.25) is 4.79 Å². The lowest BCUT2D eigenvalue weighted by molar-refractivity contribution is 0.0600. The van der Waals surface area contributed by atoms with E-state index in [-0.39, 0.29) is 5.56 Å². The highest BCUT2D eigenvalue weighted by molar-refractivity contribution is 7.15. The SMILES string of the molecule is COC(=O)c1ccc(/C=c2\sc3nc(-c4ccc(OC)c(OC)c4)nn3c2=O)cc1. The van der Waals surface area contributed by atoms with Crippen LogP contribution in [0.5, 0.6) is 11.5 Å². The molecule has 2 aromatic heterocycles. The van der Waals surface area contributed by atoms with Gasteiger partial charge in [-0.2, -0.15) is 9.50 Å². The van der Waals surface area contributed by atoms with Crippen LogP contribution in [-0.2, 0) is 4.74 Å². The molecule has 8 nitrogen and oxygen atoms in total. The molecular weight excluding hydrogens is 406 g/mol. The van der Waals surface area contributed by atoms with Gasteiger partial charge < -0.3 is 14.2 Å². The molecule has 0 aliphatic rings. The van der Waals surface area contributed by atoms with Crippen LogP contribution in [-0.4, -0.2) is 41.9 Å². The van der Waals surface area contributed by atoms with Gasteiger partial charge in [-0.15, -0.1) is 5.10 Å². The predicted molar refractivity (Wildman–Crippen MR) is 112 cm³/mol. The first-order chi connectivity index (χ1) is 14.5. The van der Waals surface area contributed by atoms with Crippen molar-refractivity contribution >= 4 is 28.3 Å². The molecule has 4 aromatic rings. The fraction of sp³-hybridized carbons (Fsp3) is 0.143. The summed E-state index contributed by atoms with van der Waals surface area (Å²) in [5, 5.41) is 4.35. The summed E-state index contributed by atoms with van der Waals surface area (Å²) in [5.41, 5.74) is 1.68. The molecule has 2 heterocycles. The van der Waals surface area contributed by atoms with Gasteiger partial charge in [0.25, 0.3) is 5.56 Å². The Bertz CT molecular complexity index is 1340. The van der Waals surface area contributed by atoms with E-state index in [1.165, 1.54) is 23.0 Å². The number of rotatable bonds is 5. The Kier molecular flexibility index (Phi) is 5.20. The second-order valence-corrected chi connectivity index (χ2v) is 7.24. The van der Waals surface area contributed by atoms with Crippen molar-refractivity contribution in [3.05, 3.63) is 68.5 Å². The molecule has 0 saturated heterocycles.